The first-order chi connectivity index (χ1) is 9.22. The minimum absolute atomic E-state index is 0.103. The van der Waals surface area contributed by atoms with E-state index < -0.39 is 0 Å². The Kier molecular flexibility index (Phi) is 3.23. The smallest absolute Gasteiger partial charge is 0.244 e. The van der Waals surface area contributed by atoms with Crippen LogP contribution in [0.1, 0.15) is 5.56 Å². The molecule has 0 spiro atoms. The van der Waals surface area contributed by atoms with Gasteiger partial charge in [-0.2, -0.15) is 9.97 Å². The van der Waals surface area contributed by atoms with Crippen LogP contribution in [0.15, 0.2) is 30.6 Å². The molecule has 7 heteroatoms. The molecule has 0 saturated heterocycles. The zero-order valence-corrected chi connectivity index (χ0v) is 11.1. The first-order valence-corrected chi connectivity index (χ1v) is 6.22. The van der Waals surface area contributed by atoms with Gasteiger partial charge in [-0.05, 0) is 29.3 Å². The van der Waals surface area contributed by atoms with Crippen LogP contribution in [-0.2, 0) is 6.61 Å². The van der Waals surface area contributed by atoms with Crippen LogP contribution < -0.4 is 4.74 Å². The Morgan fingerprint density at radius 1 is 1.11 bits per heavy atom. The van der Waals surface area contributed by atoms with Gasteiger partial charge in [0.15, 0.2) is 5.65 Å². The summed E-state index contributed by atoms with van der Waals surface area (Å²) in [5.74, 6) is 0.377. The second-order valence-corrected chi connectivity index (χ2v) is 4.59. The average molecular weight is 295 g/mol. The molecule has 2 aromatic heterocycles. The number of hydrogen-bond acceptors (Lipinski definition) is 4. The van der Waals surface area contributed by atoms with Gasteiger partial charge in [-0.3, -0.25) is 0 Å². The Balaban J connectivity index is 1.85. The molecule has 0 saturated carbocycles. The topological polar surface area (TPSA) is 63.7 Å². The normalized spacial score (nSPS) is 10.8. The first kappa shape index (κ1) is 12.2. The molecule has 19 heavy (non-hydrogen) atoms. The molecular weight excluding hydrogens is 287 g/mol. The maximum absolute atomic E-state index is 5.82. The number of H-pyrrole nitrogens is 1. The minimum Gasteiger partial charge on any atom is -0.471 e. The summed E-state index contributed by atoms with van der Waals surface area (Å²) in [6, 6.07) is 7.38. The van der Waals surface area contributed by atoms with E-state index in [1.807, 2.05) is 12.1 Å². The number of aromatic amines is 1. The van der Waals surface area contributed by atoms with E-state index >= 15 is 0 Å². The van der Waals surface area contributed by atoms with E-state index in [1.165, 1.54) is 6.33 Å². The molecule has 5 nitrogen and oxygen atoms in total. The number of hydrogen-bond donors (Lipinski definition) is 1. The van der Waals surface area contributed by atoms with Crippen molar-refractivity contribution in [2.75, 3.05) is 0 Å². The maximum Gasteiger partial charge on any atom is 0.244 e. The number of nitrogens with zero attached hydrogens (tertiary/aromatic N) is 3. The summed E-state index contributed by atoms with van der Waals surface area (Å²) in [7, 11) is 0. The number of nitrogens with one attached hydrogen (secondary N) is 1. The van der Waals surface area contributed by atoms with Gasteiger partial charge >= 0.3 is 0 Å². The molecule has 0 atom stereocenters. The molecule has 2 heterocycles. The first-order valence-electron chi connectivity index (χ1n) is 5.46. The van der Waals surface area contributed by atoms with Gasteiger partial charge in [0, 0.05) is 5.02 Å². The van der Waals surface area contributed by atoms with Gasteiger partial charge in [-0.1, -0.05) is 23.7 Å². The van der Waals surface area contributed by atoms with E-state index in [2.05, 4.69) is 19.9 Å². The lowest BCUT2D eigenvalue weighted by molar-refractivity contribution is 0.297. The number of halogens is 2. The highest BCUT2D eigenvalue weighted by Gasteiger charge is 2.10. The van der Waals surface area contributed by atoms with Crippen LogP contribution in [0, 0.1) is 0 Å². The van der Waals surface area contributed by atoms with Crippen LogP contribution >= 0.6 is 23.2 Å². The largest absolute Gasteiger partial charge is 0.471 e. The van der Waals surface area contributed by atoms with Gasteiger partial charge in [0.2, 0.25) is 11.2 Å². The van der Waals surface area contributed by atoms with E-state index in [1.54, 1.807) is 12.1 Å². The van der Waals surface area contributed by atoms with Gasteiger partial charge in [0.05, 0.1) is 6.33 Å². The molecule has 3 rings (SSSR count). The van der Waals surface area contributed by atoms with Crippen molar-refractivity contribution in [3.8, 4) is 5.88 Å². The van der Waals surface area contributed by atoms with Crippen molar-refractivity contribution in [2.45, 2.75) is 6.61 Å². The van der Waals surface area contributed by atoms with Crippen molar-refractivity contribution in [3.63, 3.8) is 0 Å². The number of ether oxygens (including phenoxy) is 1. The molecule has 0 aliphatic rings. The third-order valence-corrected chi connectivity index (χ3v) is 2.93. The Bertz CT molecular complexity index is 711. The molecule has 0 bridgehead atoms. The standard InChI is InChI=1S/C12H8Cl2N4O/c13-8-3-1-7(2-4-8)5-19-11-9-10(16-6-15-9)17-12(14)18-11/h1-4,6H,5H2,(H,15,16,17,18). The van der Waals surface area contributed by atoms with Gasteiger partial charge in [-0.15, -0.1) is 0 Å². The van der Waals surface area contributed by atoms with Gasteiger partial charge < -0.3 is 9.72 Å². The van der Waals surface area contributed by atoms with Crippen LogP contribution in [-0.4, -0.2) is 19.9 Å². The zero-order valence-electron chi connectivity index (χ0n) is 9.60. The summed E-state index contributed by atoms with van der Waals surface area (Å²) < 4.78 is 5.63. The van der Waals surface area contributed by atoms with Crippen molar-refractivity contribution in [1.82, 2.24) is 19.9 Å². The highest BCUT2D eigenvalue weighted by Crippen LogP contribution is 2.22. The van der Waals surface area contributed by atoms with Crippen LogP contribution in [0.25, 0.3) is 11.2 Å². The van der Waals surface area contributed by atoms with E-state index in [4.69, 9.17) is 27.9 Å². The van der Waals surface area contributed by atoms with Crippen molar-refractivity contribution in [3.05, 3.63) is 46.5 Å². The molecule has 0 amide bonds. The lowest BCUT2D eigenvalue weighted by atomic mass is 10.2. The molecule has 0 unspecified atom stereocenters. The fourth-order valence-electron chi connectivity index (χ4n) is 1.62. The minimum atomic E-state index is 0.103. The molecule has 0 aliphatic carbocycles. The average Bonchev–Trinajstić information content (AvgIpc) is 2.85. The summed E-state index contributed by atoms with van der Waals surface area (Å²) in [6.07, 6.45) is 1.52. The van der Waals surface area contributed by atoms with Crippen LogP contribution in [0.4, 0.5) is 0 Å². The second-order valence-electron chi connectivity index (χ2n) is 3.81. The van der Waals surface area contributed by atoms with Crippen molar-refractivity contribution < 1.29 is 4.74 Å². The Morgan fingerprint density at radius 2 is 1.89 bits per heavy atom. The van der Waals surface area contributed by atoms with E-state index in [-0.39, 0.29) is 5.28 Å². The third-order valence-electron chi connectivity index (χ3n) is 2.51. The quantitative estimate of drug-likeness (QED) is 0.753. The van der Waals surface area contributed by atoms with Crippen LogP contribution in [0.5, 0.6) is 5.88 Å². The van der Waals surface area contributed by atoms with Crippen LogP contribution in [0.3, 0.4) is 0 Å². The van der Waals surface area contributed by atoms with Crippen LogP contribution in [0.2, 0.25) is 10.3 Å². The van der Waals surface area contributed by atoms with Crippen molar-refractivity contribution in [2.24, 2.45) is 0 Å². The number of rotatable bonds is 3. The Labute approximate surface area is 118 Å². The fraction of sp³-hybridized carbons (Fsp3) is 0.0833. The molecule has 0 aliphatic heterocycles. The molecule has 1 N–H and O–H groups in total. The lowest BCUT2D eigenvalue weighted by Gasteiger charge is -2.06. The molecule has 0 fully saturated rings. The molecule has 96 valence electrons. The number of aromatic nitrogens is 4. The molecule has 1 aromatic carbocycles. The van der Waals surface area contributed by atoms with E-state index in [9.17, 15) is 0 Å². The highest BCUT2D eigenvalue weighted by atomic mass is 35.5. The number of benzene rings is 1. The summed E-state index contributed by atoms with van der Waals surface area (Å²) in [4.78, 5) is 15.0. The SMILES string of the molecule is Clc1ccc(COc2nc(Cl)nc3nc[nH]c23)cc1. The monoisotopic (exact) mass is 294 g/mol. The summed E-state index contributed by atoms with van der Waals surface area (Å²) in [5.41, 5.74) is 2.08. The van der Waals surface area contributed by atoms with E-state index in [0.29, 0.717) is 28.7 Å². The Hall–Kier alpha value is -1.85. The van der Waals surface area contributed by atoms with E-state index in [0.717, 1.165) is 5.56 Å². The van der Waals surface area contributed by atoms with Crippen molar-refractivity contribution in [1.29, 1.82) is 0 Å². The predicted octanol–water partition coefficient (Wildman–Crippen LogP) is 3.24. The molecular formula is C12H8Cl2N4O. The maximum atomic E-state index is 5.82. The van der Waals surface area contributed by atoms with Gasteiger partial charge in [-0.25, -0.2) is 4.98 Å². The van der Waals surface area contributed by atoms with Gasteiger partial charge in [0.1, 0.15) is 12.1 Å². The predicted molar refractivity (Wildman–Crippen MR) is 72.5 cm³/mol. The number of imidazole rings is 1. The third kappa shape index (κ3) is 2.62. The Morgan fingerprint density at radius 3 is 2.68 bits per heavy atom. The van der Waals surface area contributed by atoms with Crippen molar-refractivity contribution >= 4 is 34.4 Å². The highest BCUT2D eigenvalue weighted by molar-refractivity contribution is 6.30. The molecule has 3 aromatic rings. The fourth-order valence-corrected chi connectivity index (χ4v) is 1.90. The molecule has 0 radical (unpaired) electrons. The second kappa shape index (κ2) is 5.03. The summed E-state index contributed by atoms with van der Waals surface area (Å²) >= 11 is 11.6. The summed E-state index contributed by atoms with van der Waals surface area (Å²) in [6.45, 7) is 0.360. The zero-order chi connectivity index (χ0) is 13.2. The number of fused-ring (bicyclic) bond motifs is 1. The summed E-state index contributed by atoms with van der Waals surface area (Å²) in [5, 5.41) is 0.787. The lowest BCUT2D eigenvalue weighted by Crippen LogP contribution is -1.99. The van der Waals surface area contributed by atoms with Gasteiger partial charge in [0.25, 0.3) is 0 Å².